The van der Waals surface area contributed by atoms with Gasteiger partial charge in [0.05, 0.1) is 11.4 Å². The lowest BCUT2D eigenvalue weighted by atomic mass is 9.88. The molecule has 1 heterocycles. The van der Waals surface area contributed by atoms with Crippen molar-refractivity contribution < 1.29 is 9.90 Å². The maximum Gasteiger partial charge on any atom is 0.304 e. The Morgan fingerprint density at radius 3 is 2.69 bits per heavy atom. The Kier molecular flexibility index (Phi) is 2.98. The van der Waals surface area contributed by atoms with Gasteiger partial charge in [0.25, 0.3) is 0 Å². The van der Waals surface area contributed by atoms with Gasteiger partial charge in [0.2, 0.25) is 0 Å². The molecule has 0 spiro atoms. The summed E-state index contributed by atoms with van der Waals surface area (Å²) in [6.07, 6.45) is 0.129. The Labute approximate surface area is 86.2 Å². The van der Waals surface area contributed by atoms with Crippen LogP contribution in [-0.4, -0.2) is 11.1 Å². The number of thiophene rings is 1. The third-order valence-corrected chi connectivity index (χ3v) is 3.47. The Morgan fingerprint density at radius 1 is 1.69 bits per heavy atom. The van der Waals surface area contributed by atoms with E-state index in [-0.39, 0.29) is 11.8 Å². The van der Waals surface area contributed by atoms with Crippen molar-refractivity contribution in [3.8, 4) is 0 Å². The first-order chi connectivity index (χ1) is 5.92. The molecule has 1 N–H and O–H groups in total. The third kappa shape index (κ3) is 2.71. The molecule has 0 aromatic carbocycles. The summed E-state index contributed by atoms with van der Waals surface area (Å²) in [5, 5.41) is 11.2. The van der Waals surface area contributed by atoms with Crippen LogP contribution >= 0.6 is 22.9 Å². The highest BCUT2D eigenvalue weighted by Gasteiger charge is 2.25. The molecule has 0 atom stereocenters. The van der Waals surface area contributed by atoms with Crippen LogP contribution in [0.5, 0.6) is 0 Å². The molecule has 0 radical (unpaired) electrons. The van der Waals surface area contributed by atoms with Crippen LogP contribution in [0.2, 0.25) is 5.02 Å². The summed E-state index contributed by atoms with van der Waals surface area (Å²) in [5.41, 5.74) is -0.330. The summed E-state index contributed by atoms with van der Waals surface area (Å²) in [7, 11) is 0. The molecule has 0 saturated heterocycles. The van der Waals surface area contributed by atoms with E-state index in [0.717, 1.165) is 4.88 Å². The highest BCUT2D eigenvalue weighted by molar-refractivity contribution is 7.10. The van der Waals surface area contributed by atoms with Gasteiger partial charge in [-0.25, -0.2) is 0 Å². The average molecular weight is 219 g/mol. The minimum Gasteiger partial charge on any atom is -0.481 e. The molecule has 0 fully saturated rings. The minimum absolute atomic E-state index is 0.129. The van der Waals surface area contributed by atoms with E-state index in [2.05, 4.69) is 0 Å². The number of aliphatic carboxylic acids is 1. The molecular weight excluding hydrogens is 208 g/mol. The van der Waals surface area contributed by atoms with Crippen LogP contribution < -0.4 is 0 Å². The summed E-state index contributed by atoms with van der Waals surface area (Å²) < 4.78 is 0. The molecule has 0 aliphatic carbocycles. The molecule has 72 valence electrons. The first kappa shape index (κ1) is 10.5. The Bertz CT molecular complexity index is 317. The van der Waals surface area contributed by atoms with Crippen molar-refractivity contribution in [2.24, 2.45) is 0 Å². The molecule has 0 bridgehead atoms. The quantitative estimate of drug-likeness (QED) is 0.846. The van der Waals surface area contributed by atoms with Gasteiger partial charge in [0.1, 0.15) is 0 Å². The predicted octanol–water partition coefficient (Wildman–Crippen LogP) is 3.15. The smallest absolute Gasteiger partial charge is 0.304 e. The first-order valence-corrected chi connectivity index (χ1v) is 5.14. The van der Waals surface area contributed by atoms with Crippen LogP contribution in [-0.2, 0) is 10.2 Å². The zero-order valence-corrected chi connectivity index (χ0v) is 9.08. The van der Waals surface area contributed by atoms with Crippen molar-refractivity contribution in [3.05, 3.63) is 21.3 Å². The number of halogens is 1. The van der Waals surface area contributed by atoms with Crippen molar-refractivity contribution in [2.75, 3.05) is 0 Å². The maximum atomic E-state index is 10.6. The van der Waals surface area contributed by atoms with Crippen LogP contribution in [0.1, 0.15) is 25.1 Å². The van der Waals surface area contributed by atoms with Gasteiger partial charge in [-0.05, 0) is 6.07 Å². The van der Waals surface area contributed by atoms with E-state index < -0.39 is 5.97 Å². The van der Waals surface area contributed by atoms with Gasteiger partial charge in [0.15, 0.2) is 0 Å². The maximum absolute atomic E-state index is 10.6. The van der Waals surface area contributed by atoms with E-state index in [9.17, 15) is 4.79 Å². The molecule has 4 heteroatoms. The molecule has 13 heavy (non-hydrogen) atoms. The van der Waals surface area contributed by atoms with Crippen molar-refractivity contribution in [2.45, 2.75) is 25.7 Å². The highest BCUT2D eigenvalue weighted by Crippen LogP contribution is 2.33. The van der Waals surface area contributed by atoms with E-state index >= 15 is 0 Å². The van der Waals surface area contributed by atoms with Crippen molar-refractivity contribution in [1.29, 1.82) is 0 Å². The van der Waals surface area contributed by atoms with Gasteiger partial charge in [-0.2, -0.15) is 0 Å². The summed E-state index contributed by atoms with van der Waals surface area (Å²) >= 11 is 7.27. The fourth-order valence-electron chi connectivity index (χ4n) is 1.13. The van der Waals surface area contributed by atoms with Gasteiger partial charge in [0, 0.05) is 15.7 Å². The van der Waals surface area contributed by atoms with Gasteiger partial charge in [-0.15, -0.1) is 11.3 Å². The van der Waals surface area contributed by atoms with Crippen molar-refractivity contribution in [3.63, 3.8) is 0 Å². The topological polar surface area (TPSA) is 37.3 Å². The molecule has 0 aliphatic rings. The average Bonchev–Trinajstić information content (AvgIpc) is 2.32. The largest absolute Gasteiger partial charge is 0.481 e. The number of carbonyl (C=O) groups is 1. The zero-order valence-electron chi connectivity index (χ0n) is 7.50. The van der Waals surface area contributed by atoms with Gasteiger partial charge in [-0.1, -0.05) is 25.4 Å². The Morgan fingerprint density at radius 2 is 2.31 bits per heavy atom. The highest BCUT2D eigenvalue weighted by atomic mass is 35.5. The Hall–Kier alpha value is -0.540. The number of carboxylic acid groups (broad SMARTS) is 1. The lowest BCUT2D eigenvalue weighted by Gasteiger charge is -2.20. The lowest BCUT2D eigenvalue weighted by molar-refractivity contribution is -0.138. The molecule has 1 aromatic rings. The van der Waals surface area contributed by atoms with Crippen LogP contribution in [0.15, 0.2) is 11.4 Å². The SMILES string of the molecule is CC(C)(CC(=O)O)c1cc(Cl)cs1. The van der Waals surface area contributed by atoms with E-state index in [0.29, 0.717) is 5.02 Å². The molecule has 1 rings (SSSR count). The van der Waals surface area contributed by atoms with Crippen molar-refractivity contribution in [1.82, 2.24) is 0 Å². The second-order valence-corrected chi connectivity index (χ2v) is 4.93. The fraction of sp³-hybridized carbons (Fsp3) is 0.444. The normalized spacial score (nSPS) is 11.6. The molecule has 0 saturated carbocycles. The predicted molar refractivity (Wildman–Crippen MR) is 54.6 cm³/mol. The van der Waals surface area contributed by atoms with Crippen LogP contribution in [0.3, 0.4) is 0 Å². The lowest BCUT2D eigenvalue weighted by Crippen LogP contribution is -2.20. The molecular formula is C9H11ClO2S. The summed E-state index contributed by atoms with van der Waals surface area (Å²) in [6, 6.07) is 1.83. The summed E-state index contributed by atoms with van der Waals surface area (Å²) in [5.74, 6) is -0.783. The van der Waals surface area contributed by atoms with Gasteiger partial charge >= 0.3 is 5.97 Å². The number of hydrogen-bond acceptors (Lipinski definition) is 2. The standard InChI is InChI=1S/C9H11ClO2S/c1-9(2,4-8(11)12)7-3-6(10)5-13-7/h3,5H,4H2,1-2H3,(H,11,12). The summed E-state index contributed by atoms with van der Waals surface area (Å²) in [6.45, 7) is 3.81. The first-order valence-electron chi connectivity index (χ1n) is 3.88. The van der Waals surface area contributed by atoms with E-state index in [1.54, 1.807) is 0 Å². The molecule has 0 amide bonds. The zero-order chi connectivity index (χ0) is 10.1. The fourth-order valence-corrected chi connectivity index (χ4v) is 2.33. The second-order valence-electron chi connectivity index (χ2n) is 3.58. The molecule has 2 nitrogen and oxygen atoms in total. The van der Waals surface area contributed by atoms with E-state index in [1.165, 1.54) is 11.3 Å². The van der Waals surface area contributed by atoms with Crippen LogP contribution in [0, 0.1) is 0 Å². The molecule has 1 aromatic heterocycles. The van der Waals surface area contributed by atoms with E-state index in [1.807, 2.05) is 25.3 Å². The number of hydrogen-bond donors (Lipinski definition) is 1. The van der Waals surface area contributed by atoms with Crippen molar-refractivity contribution >= 4 is 28.9 Å². The second kappa shape index (κ2) is 3.68. The van der Waals surface area contributed by atoms with Crippen LogP contribution in [0.25, 0.3) is 0 Å². The summed E-state index contributed by atoms with van der Waals surface area (Å²) in [4.78, 5) is 11.6. The molecule has 0 unspecified atom stereocenters. The van der Waals surface area contributed by atoms with Gasteiger partial charge in [-0.3, -0.25) is 4.79 Å². The number of rotatable bonds is 3. The monoisotopic (exact) mass is 218 g/mol. The minimum atomic E-state index is -0.783. The third-order valence-electron chi connectivity index (χ3n) is 1.83. The number of carboxylic acids is 1. The van der Waals surface area contributed by atoms with E-state index in [4.69, 9.17) is 16.7 Å². The van der Waals surface area contributed by atoms with Crippen LogP contribution in [0.4, 0.5) is 0 Å². The van der Waals surface area contributed by atoms with Gasteiger partial charge < -0.3 is 5.11 Å². The Balaban J connectivity index is 2.86. The molecule has 0 aliphatic heterocycles.